The number of nitriles is 1. The fourth-order valence-electron chi connectivity index (χ4n) is 3.56. The molecule has 2 atom stereocenters. The zero-order valence-electron chi connectivity index (χ0n) is 11.6. The summed E-state index contributed by atoms with van der Waals surface area (Å²) >= 11 is 0. The fourth-order valence-corrected chi connectivity index (χ4v) is 3.56. The molecule has 0 aromatic heterocycles. The highest BCUT2D eigenvalue weighted by molar-refractivity contribution is 4.95. The first-order valence-corrected chi connectivity index (χ1v) is 7.47. The summed E-state index contributed by atoms with van der Waals surface area (Å²) in [5.74, 6) is 1.00. The van der Waals surface area contributed by atoms with Gasteiger partial charge in [-0.25, -0.2) is 0 Å². The van der Waals surface area contributed by atoms with Crippen molar-refractivity contribution in [3.05, 3.63) is 0 Å². The number of rotatable bonds is 3. The minimum atomic E-state index is 0.270. The van der Waals surface area contributed by atoms with Gasteiger partial charge in [0.25, 0.3) is 0 Å². The van der Waals surface area contributed by atoms with Crippen molar-refractivity contribution >= 4 is 0 Å². The Bertz CT molecular complexity index is 279. The van der Waals surface area contributed by atoms with Crippen LogP contribution in [0.2, 0.25) is 0 Å². The lowest BCUT2D eigenvalue weighted by molar-refractivity contribution is 0.0665. The van der Waals surface area contributed by atoms with Crippen molar-refractivity contribution in [2.24, 2.45) is 11.8 Å². The Balaban J connectivity index is 1.88. The third-order valence-electron chi connectivity index (χ3n) is 4.67. The SMILES string of the molecule is COCC1CCN(C2CCCCCC2C#N)CC1. The van der Waals surface area contributed by atoms with E-state index in [0.29, 0.717) is 6.04 Å². The predicted molar refractivity (Wildman–Crippen MR) is 72.1 cm³/mol. The molecule has 3 nitrogen and oxygen atoms in total. The van der Waals surface area contributed by atoms with Gasteiger partial charge in [0.05, 0.1) is 12.0 Å². The second-order valence-corrected chi connectivity index (χ2v) is 5.88. The second-order valence-electron chi connectivity index (χ2n) is 5.88. The Labute approximate surface area is 111 Å². The van der Waals surface area contributed by atoms with E-state index in [1.807, 2.05) is 0 Å². The summed E-state index contributed by atoms with van der Waals surface area (Å²) in [6, 6.07) is 3.09. The van der Waals surface area contributed by atoms with E-state index in [-0.39, 0.29) is 5.92 Å². The van der Waals surface area contributed by atoms with Crippen molar-refractivity contribution in [1.82, 2.24) is 4.90 Å². The third-order valence-corrected chi connectivity index (χ3v) is 4.67. The molecule has 0 aromatic rings. The summed E-state index contributed by atoms with van der Waals surface area (Å²) in [6.07, 6.45) is 8.68. The smallest absolute Gasteiger partial charge is 0.0672 e. The topological polar surface area (TPSA) is 36.3 Å². The largest absolute Gasteiger partial charge is 0.384 e. The van der Waals surface area contributed by atoms with Crippen molar-refractivity contribution in [2.75, 3.05) is 26.8 Å². The van der Waals surface area contributed by atoms with E-state index in [1.54, 1.807) is 7.11 Å². The molecule has 1 aliphatic carbocycles. The molecule has 0 amide bonds. The maximum atomic E-state index is 9.36. The van der Waals surface area contributed by atoms with Gasteiger partial charge in [0.1, 0.15) is 0 Å². The second kappa shape index (κ2) is 7.11. The van der Waals surface area contributed by atoms with Crippen LogP contribution in [-0.2, 0) is 4.74 Å². The van der Waals surface area contributed by atoms with Crippen LogP contribution in [0.5, 0.6) is 0 Å². The lowest BCUT2D eigenvalue weighted by Gasteiger charge is -2.38. The Hall–Kier alpha value is -0.590. The van der Waals surface area contributed by atoms with Gasteiger partial charge in [0.15, 0.2) is 0 Å². The zero-order valence-corrected chi connectivity index (χ0v) is 11.6. The van der Waals surface area contributed by atoms with Crippen LogP contribution < -0.4 is 0 Å². The summed E-state index contributed by atoms with van der Waals surface area (Å²) in [6.45, 7) is 3.23. The maximum absolute atomic E-state index is 9.36. The molecule has 2 unspecified atom stereocenters. The molecular weight excluding hydrogens is 224 g/mol. The van der Waals surface area contributed by atoms with Gasteiger partial charge >= 0.3 is 0 Å². The average molecular weight is 250 g/mol. The molecule has 0 bridgehead atoms. The van der Waals surface area contributed by atoms with Crippen LogP contribution in [0.3, 0.4) is 0 Å². The van der Waals surface area contributed by atoms with E-state index in [4.69, 9.17) is 4.74 Å². The van der Waals surface area contributed by atoms with E-state index in [1.165, 1.54) is 38.5 Å². The Morgan fingerprint density at radius 1 is 1.11 bits per heavy atom. The monoisotopic (exact) mass is 250 g/mol. The standard InChI is InChI=1S/C15H26N2O/c1-18-12-13-7-9-17(10-8-13)15-6-4-2-3-5-14(15)11-16/h13-15H,2-10,12H2,1H3. The number of likely N-dealkylation sites (tertiary alicyclic amines) is 1. The van der Waals surface area contributed by atoms with Gasteiger partial charge in [-0.2, -0.15) is 5.26 Å². The highest BCUT2D eigenvalue weighted by Gasteiger charge is 2.31. The van der Waals surface area contributed by atoms with Crippen molar-refractivity contribution in [2.45, 2.75) is 51.0 Å². The van der Waals surface area contributed by atoms with E-state index >= 15 is 0 Å². The first-order chi connectivity index (χ1) is 8.85. The average Bonchev–Trinajstić information content (AvgIpc) is 2.65. The number of piperidine rings is 1. The summed E-state index contributed by atoms with van der Waals surface area (Å²) < 4.78 is 5.25. The van der Waals surface area contributed by atoms with Gasteiger partial charge in [0, 0.05) is 19.8 Å². The summed E-state index contributed by atoms with van der Waals surface area (Å²) in [5, 5.41) is 9.36. The lowest BCUT2D eigenvalue weighted by Crippen LogP contribution is -2.45. The Kier molecular flexibility index (Phi) is 5.46. The number of hydrogen-bond acceptors (Lipinski definition) is 3. The highest BCUT2D eigenvalue weighted by atomic mass is 16.5. The molecule has 3 heteroatoms. The maximum Gasteiger partial charge on any atom is 0.0672 e. The lowest BCUT2D eigenvalue weighted by atomic mass is 9.90. The van der Waals surface area contributed by atoms with Crippen molar-refractivity contribution in [1.29, 1.82) is 5.26 Å². The molecule has 1 aliphatic heterocycles. The van der Waals surface area contributed by atoms with Gasteiger partial charge in [-0.05, 0) is 44.7 Å². The molecule has 1 saturated carbocycles. The Morgan fingerprint density at radius 2 is 1.83 bits per heavy atom. The molecule has 102 valence electrons. The van der Waals surface area contributed by atoms with E-state index in [0.717, 1.165) is 32.0 Å². The minimum absolute atomic E-state index is 0.270. The van der Waals surface area contributed by atoms with Crippen molar-refractivity contribution in [3.63, 3.8) is 0 Å². The number of ether oxygens (including phenoxy) is 1. The van der Waals surface area contributed by atoms with Crippen LogP contribution in [0.15, 0.2) is 0 Å². The molecule has 2 fully saturated rings. The molecule has 0 N–H and O–H groups in total. The molecule has 18 heavy (non-hydrogen) atoms. The van der Waals surface area contributed by atoms with Gasteiger partial charge in [-0.15, -0.1) is 0 Å². The van der Waals surface area contributed by atoms with E-state index in [9.17, 15) is 5.26 Å². The van der Waals surface area contributed by atoms with Crippen LogP contribution in [0, 0.1) is 23.2 Å². The molecule has 1 saturated heterocycles. The third kappa shape index (κ3) is 3.46. The zero-order chi connectivity index (χ0) is 12.8. The van der Waals surface area contributed by atoms with Gasteiger partial charge in [-0.1, -0.05) is 19.3 Å². The summed E-state index contributed by atoms with van der Waals surface area (Å²) in [4.78, 5) is 2.59. The molecule has 0 aromatic carbocycles. The van der Waals surface area contributed by atoms with E-state index < -0.39 is 0 Å². The molecule has 2 rings (SSSR count). The summed E-state index contributed by atoms with van der Waals surface area (Å²) in [7, 11) is 1.80. The molecule has 1 heterocycles. The number of methoxy groups -OCH3 is 1. The first-order valence-electron chi connectivity index (χ1n) is 7.47. The quantitative estimate of drug-likeness (QED) is 0.723. The van der Waals surface area contributed by atoms with Gasteiger partial charge in [-0.3, -0.25) is 4.90 Å². The fraction of sp³-hybridized carbons (Fsp3) is 0.933. The first kappa shape index (κ1) is 13.8. The normalized spacial score (nSPS) is 31.8. The van der Waals surface area contributed by atoms with Gasteiger partial charge < -0.3 is 4.74 Å². The van der Waals surface area contributed by atoms with Gasteiger partial charge in [0.2, 0.25) is 0 Å². The van der Waals surface area contributed by atoms with Crippen LogP contribution in [-0.4, -0.2) is 37.7 Å². The molecule has 2 aliphatic rings. The van der Waals surface area contributed by atoms with Crippen molar-refractivity contribution < 1.29 is 4.74 Å². The minimum Gasteiger partial charge on any atom is -0.384 e. The highest BCUT2D eigenvalue weighted by Crippen LogP contribution is 2.30. The molecule has 0 spiro atoms. The number of nitrogens with zero attached hydrogens (tertiary/aromatic N) is 2. The summed E-state index contributed by atoms with van der Waals surface area (Å²) in [5.41, 5.74) is 0. The molecular formula is C15H26N2O. The van der Waals surface area contributed by atoms with E-state index in [2.05, 4.69) is 11.0 Å². The predicted octanol–water partition coefficient (Wildman–Crippen LogP) is 2.82. The molecule has 0 radical (unpaired) electrons. The van der Waals surface area contributed by atoms with Crippen LogP contribution in [0.1, 0.15) is 44.9 Å². The number of hydrogen-bond donors (Lipinski definition) is 0. The Morgan fingerprint density at radius 3 is 2.50 bits per heavy atom. The van der Waals surface area contributed by atoms with Crippen LogP contribution in [0.25, 0.3) is 0 Å². The van der Waals surface area contributed by atoms with Crippen molar-refractivity contribution in [3.8, 4) is 6.07 Å². The van der Waals surface area contributed by atoms with Crippen LogP contribution in [0.4, 0.5) is 0 Å². The van der Waals surface area contributed by atoms with Crippen LogP contribution >= 0.6 is 0 Å².